The van der Waals surface area contributed by atoms with Crippen LogP contribution in [0.4, 0.5) is 0 Å². The Hall–Kier alpha value is -2.56. The third-order valence-corrected chi connectivity index (χ3v) is 3.01. The van der Waals surface area contributed by atoms with E-state index in [1.54, 1.807) is 6.07 Å². The lowest BCUT2D eigenvalue weighted by atomic mass is 10.2. The fraction of sp³-hybridized carbons (Fsp3) is 0.200. The number of nitrogens with one attached hydrogen (secondary N) is 1. The fourth-order valence-corrected chi connectivity index (χ4v) is 1.99. The van der Waals surface area contributed by atoms with Crippen molar-refractivity contribution in [2.45, 2.75) is 13.5 Å². The highest BCUT2D eigenvalue weighted by Crippen LogP contribution is 2.32. The van der Waals surface area contributed by atoms with Gasteiger partial charge in [-0.25, -0.2) is 4.98 Å². The van der Waals surface area contributed by atoms with Gasteiger partial charge in [-0.05, 0) is 36.8 Å². The molecule has 2 heterocycles. The highest BCUT2D eigenvalue weighted by Gasteiger charge is 2.13. The van der Waals surface area contributed by atoms with Gasteiger partial charge in [0.05, 0.1) is 0 Å². The second-order valence-corrected chi connectivity index (χ2v) is 4.53. The van der Waals surface area contributed by atoms with Crippen molar-refractivity contribution in [3.05, 3.63) is 53.3 Å². The molecule has 0 spiro atoms. The number of benzene rings is 1. The van der Waals surface area contributed by atoms with Crippen molar-refractivity contribution in [1.29, 1.82) is 0 Å². The molecule has 1 aliphatic rings. The van der Waals surface area contributed by atoms with E-state index in [-0.39, 0.29) is 12.7 Å². The second kappa shape index (κ2) is 5.21. The van der Waals surface area contributed by atoms with Crippen molar-refractivity contribution in [2.24, 2.45) is 0 Å². The fourth-order valence-electron chi connectivity index (χ4n) is 1.99. The number of rotatable bonds is 3. The summed E-state index contributed by atoms with van der Waals surface area (Å²) in [5.41, 5.74) is 2.20. The van der Waals surface area contributed by atoms with Crippen molar-refractivity contribution >= 4 is 5.91 Å². The van der Waals surface area contributed by atoms with Crippen LogP contribution in [0.25, 0.3) is 0 Å². The molecule has 3 rings (SSSR count). The van der Waals surface area contributed by atoms with Gasteiger partial charge >= 0.3 is 0 Å². The summed E-state index contributed by atoms with van der Waals surface area (Å²) in [6.45, 7) is 2.53. The Morgan fingerprint density at radius 1 is 1.25 bits per heavy atom. The molecule has 5 nitrogen and oxygen atoms in total. The number of ether oxygens (including phenoxy) is 2. The third kappa shape index (κ3) is 2.56. The number of hydrogen-bond donors (Lipinski definition) is 1. The zero-order valence-electron chi connectivity index (χ0n) is 11.1. The van der Waals surface area contributed by atoms with E-state index in [1.165, 1.54) is 0 Å². The van der Waals surface area contributed by atoms with Crippen molar-refractivity contribution in [1.82, 2.24) is 10.3 Å². The Morgan fingerprint density at radius 3 is 2.95 bits per heavy atom. The van der Waals surface area contributed by atoms with Crippen LogP contribution in [0.5, 0.6) is 11.5 Å². The lowest BCUT2D eigenvalue weighted by molar-refractivity contribution is 0.0945. The summed E-state index contributed by atoms with van der Waals surface area (Å²) in [6.07, 6.45) is 0. The smallest absolute Gasteiger partial charge is 0.270 e. The predicted molar refractivity (Wildman–Crippen MR) is 72.7 cm³/mol. The first-order valence-corrected chi connectivity index (χ1v) is 6.33. The van der Waals surface area contributed by atoms with Crippen LogP contribution in [0, 0.1) is 6.92 Å². The SMILES string of the molecule is Cc1cccc(C(=O)NCc2ccc3c(c2)OCO3)n1. The lowest BCUT2D eigenvalue weighted by Crippen LogP contribution is -2.23. The van der Waals surface area contributed by atoms with Crippen LogP contribution in [0.15, 0.2) is 36.4 Å². The molecule has 1 aliphatic heterocycles. The van der Waals surface area contributed by atoms with Crippen LogP contribution in [0.2, 0.25) is 0 Å². The van der Waals surface area contributed by atoms with Crippen LogP contribution in [0.3, 0.4) is 0 Å². The first-order chi connectivity index (χ1) is 9.72. The minimum Gasteiger partial charge on any atom is -0.454 e. The van der Waals surface area contributed by atoms with E-state index >= 15 is 0 Å². The monoisotopic (exact) mass is 270 g/mol. The highest BCUT2D eigenvalue weighted by molar-refractivity contribution is 5.92. The van der Waals surface area contributed by atoms with Gasteiger partial charge in [-0.2, -0.15) is 0 Å². The van der Waals surface area contributed by atoms with Crippen LogP contribution in [-0.4, -0.2) is 17.7 Å². The molecule has 0 saturated heterocycles. The average molecular weight is 270 g/mol. The topological polar surface area (TPSA) is 60.5 Å². The van der Waals surface area contributed by atoms with Gasteiger partial charge < -0.3 is 14.8 Å². The molecular weight excluding hydrogens is 256 g/mol. The zero-order valence-corrected chi connectivity index (χ0v) is 11.1. The number of aromatic nitrogens is 1. The van der Waals surface area contributed by atoms with E-state index in [4.69, 9.17) is 9.47 Å². The summed E-state index contributed by atoms with van der Waals surface area (Å²) in [5.74, 6) is 1.26. The van der Waals surface area contributed by atoms with Gasteiger partial charge in [0.2, 0.25) is 6.79 Å². The molecule has 1 aromatic carbocycles. The van der Waals surface area contributed by atoms with Crippen LogP contribution in [0.1, 0.15) is 21.7 Å². The maximum Gasteiger partial charge on any atom is 0.270 e. The number of pyridine rings is 1. The molecule has 0 radical (unpaired) electrons. The normalized spacial score (nSPS) is 12.2. The van der Waals surface area contributed by atoms with E-state index in [0.29, 0.717) is 18.0 Å². The minimum atomic E-state index is -0.189. The number of amides is 1. The number of fused-ring (bicyclic) bond motifs is 1. The van der Waals surface area contributed by atoms with E-state index < -0.39 is 0 Å². The van der Waals surface area contributed by atoms with Crippen molar-refractivity contribution in [2.75, 3.05) is 6.79 Å². The summed E-state index contributed by atoms with van der Waals surface area (Å²) in [7, 11) is 0. The quantitative estimate of drug-likeness (QED) is 0.927. The second-order valence-electron chi connectivity index (χ2n) is 4.53. The van der Waals surface area contributed by atoms with Gasteiger partial charge in [-0.1, -0.05) is 12.1 Å². The molecule has 5 heteroatoms. The van der Waals surface area contributed by atoms with Gasteiger partial charge in [0.25, 0.3) is 5.91 Å². The standard InChI is InChI=1S/C15H14N2O3/c1-10-3-2-4-12(17-10)15(18)16-8-11-5-6-13-14(7-11)20-9-19-13/h2-7H,8-9H2,1H3,(H,16,18). The molecule has 20 heavy (non-hydrogen) atoms. The van der Waals surface area contributed by atoms with E-state index in [9.17, 15) is 4.79 Å². The number of carbonyl (C=O) groups excluding carboxylic acids is 1. The van der Waals surface area contributed by atoms with Gasteiger partial charge in [-0.15, -0.1) is 0 Å². The minimum absolute atomic E-state index is 0.189. The van der Waals surface area contributed by atoms with Gasteiger partial charge in [0.15, 0.2) is 11.5 Å². The molecule has 0 saturated carbocycles. The molecule has 0 bridgehead atoms. The molecule has 0 atom stereocenters. The van der Waals surface area contributed by atoms with E-state index in [0.717, 1.165) is 17.0 Å². The molecule has 0 unspecified atom stereocenters. The Bertz CT molecular complexity index is 655. The molecule has 0 fully saturated rings. The third-order valence-electron chi connectivity index (χ3n) is 3.01. The van der Waals surface area contributed by atoms with E-state index in [2.05, 4.69) is 10.3 Å². The number of hydrogen-bond acceptors (Lipinski definition) is 4. The molecule has 2 aromatic rings. The summed E-state index contributed by atoms with van der Waals surface area (Å²) in [5, 5.41) is 2.84. The van der Waals surface area contributed by atoms with Crippen molar-refractivity contribution in [3.63, 3.8) is 0 Å². The highest BCUT2D eigenvalue weighted by atomic mass is 16.7. The molecule has 0 aliphatic carbocycles. The Balaban J connectivity index is 1.66. The first-order valence-electron chi connectivity index (χ1n) is 6.33. The summed E-state index contributed by atoms with van der Waals surface area (Å²) < 4.78 is 10.5. The van der Waals surface area contributed by atoms with Crippen molar-refractivity contribution in [3.8, 4) is 11.5 Å². The average Bonchev–Trinajstić information content (AvgIpc) is 2.92. The van der Waals surface area contributed by atoms with E-state index in [1.807, 2.05) is 37.3 Å². The van der Waals surface area contributed by atoms with Crippen LogP contribution < -0.4 is 14.8 Å². The first kappa shape index (κ1) is 12.5. The van der Waals surface area contributed by atoms with Gasteiger partial charge in [-0.3, -0.25) is 4.79 Å². The van der Waals surface area contributed by atoms with Gasteiger partial charge in [0.1, 0.15) is 5.69 Å². The molecule has 102 valence electrons. The Kier molecular flexibility index (Phi) is 3.25. The Morgan fingerprint density at radius 2 is 2.10 bits per heavy atom. The Labute approximate surface area is 116 Å². The zero-order chi connectivity index (χ0) is 13.9. The van der Waals surface area contributed by atoms with Crippen LogP contribution >= 0.6 is 0 Å². The number of nitrogens with zero attached hydrogens (tertiary/aromatic N) is 1. The molecule has 1 aromatic heterocycles. The number of carbonyl (C=O) groups is 1. The van der Waals surface area contributed by atoms with Crippen LogP contribution in [-0.2, 0) is 6.54 Å². The molecular formula is C15H14N2O3. The summed E-state index contributed by atoms with van der Waals surface area (Å²) >= 11 is 0. The van der Waals surface area contributed by atoms with Gasteiger partial charge in [0, 0.05) is 12.2 Å². The number of aryl methyl sites for hydroxylation is 1. The van der Waals surface area contributed by atoms with Crippen molar-refractivity contribution < 1.29 is 14.3 Å². The molecule has 1 N–H and O–H groups in total. The summed E-state index contributed by atoms with van der Waals surface area (Å²) in [6, 6.07) is 11.0. The predicted octanol–water partition coefficient (Wildman–Crippen LogP) is 2.05. The summed E-state index contributed by atoms with van der Waals surface area (Å²) in [4.78, 5) is 16.2. The maximum atomic E-state index is 12.0. The largest absolute Gasteiger partial charge is 0.454 e. The maximum absolute atomic E-state index is 12.0. The molecule has 1 amide bonds. The lowest BCUT2D eigenvalue weighted by Gasteiger charge is -2.06.